The minimum atomic E-state index is -0.481. The van der Waals surface area contributed by atoms with Crippen LogP contribution in [0.4, 0.5) is 11.4 Å². The van der Waals surface area contributed by atoms with Crippen molar-refractivity contribution in [1.82, 2.24) is 5.32 Å². The van der Waals surface area contributed by atoms with E-state index in [0.29, 0.717) is 24.2 Å². The van der Waals surface area contributed by atoms with Crippen molar-refractivity contribution in [1.29, 1.82) is 0 Å². The van der Waals surface area contributed by atoms with Crippen LogP contribution in [0.5, 0.6) is 0 Å². The molecule has 0 aliphatic rings. The van der Waals surface area contributed by atoms with Crippen molar-refractivity contribution in [2.75, 3.05) is 24.7 Å². The van der Waals surface area contributed by atoms with Crippen LogP contribution in [-0.4, -0.2) is 31.6 Å². The summed E-state index contributed by atoms with van der Waals surface area (Å²) < 4.78 is 4.66. The van der Waals surface area contributed by atoms with Crippen LogP contribution >= 0.6 is 0 Å². The van der Waals surface area contributed by atoms with E-state index in [0.717, 1.165) is 12.1 Å². The standard InChI is InChI=1S/C15H23N3O3/c1-4-10(2)18-14(19)7-8-17-11-5-6-13(16)12(9-11)15(20)21-3/h5-6,9-10,17H,4,7-8,16H2,1-3H3,(H,18,19). The minimum absolute atomic E-state index is 0.000450. The fourth-order valence-electron chi connectivity index (χ4n) is 1.72. The fourth-order valence-corrected chi connectivity index (χ4v) is 1.72. The van der Waals surface area contributed by atoms with E-state index in [1.54, 1.807) is 18.2 Å². The summed E-state index contributed by atoms with van der Waals surface area (Å²) in [6.07, 6.45) is 1.27. The molecule has 1 atom stereocenters. The number of amides is 1. The molecule has 0 saturated heterocycles. The number of nitrogens with one attached hydrogen (secondary N) is 2. The van der Waals surface area contributed by atoms with E-state index in [4.69, 9.17) is 5.73 Å². The number of carbonyl (C=O) groups excluding carboxylic acids is 2. The van der Waals surface area contributed by atoms with Gasteiger partial charge in [0.05, 0.1) is 12.7 Å². The summed E-state index contributed by atoms with van der Waals surface area (Å²) in [5, 5.41) is 5.98. The maximum absolute atomic E-state index is 11.6. The molecule has 0 bridgehead atoms. The first-order valence-corrected chi connectivity index (χ1v) is 6.99. The van der Waals surface area contributed by atoms with Gasteiger partial charge in [-0.3, -0.25) is 4.79 Å². The predicted molar refractivity (Wildman–Crippen MR) is 83.2 cm³/mol. The molecular weight excluding hydrogens is 270 g/mol. The lowest BCUT2D eigenvalue weighted by molar-refractivity contribution is -0.121. The van der Waals surface area contributed by atoms with Crippen LogP contribution in [0.15, 0.2) is 18.2 Å². The molecule has 1 unspecified atom stereocenters. The second kappa shape index (κ2) is 8.14. The van der Waals surface area contributed by atoms with Gasteiger partial charge >= 0.3 is 5.97 Å². The van der Waals surface area contributed by atoms with Crippen LogP contribution in [-0.2, 0) is 9.53 Å². The second-order valence-corrected chi connectivity index (χ2v) is 4.85. The normalized spacial score (nSPS) is 11.6. The first kappa shape index (κ1) is 16.8. The number of hydrogen-bond acceptors (Lipinski definition) is 5. The Bertz CT molecular complexity index is 503. The molecule has 1 aromatic rings. The van der Waals surface area contributed by atoms with Gasteiger partial charge in [-0.1, -0.05) is 6.92 Å². The van der Waals surface area contributed by atoms with Crippen molar-refractivity contribution in [2.24, 2.45) is 0 Å². The number of carbonyl (C=O) groups is 2. The monoisotopic (exact) mass is 293 g/mol. The molecular formula is C15H23N3O3. The number of anilines is 2. The largest absolute Gasteiger partial charge is 0.465 e. The summed E-state index contributed by atoms with van der Waals surface area (Å²) >= 11 is 0. The van der Waals surface area contributed by atoms with Crippen LogP contribution in [0.3, 0.4) is 0 Å². The average Bonchev–Trinajstić information content (AvgIpc) is 2.47. The number of nitrogen functional groups attached to an aromatic ring is 1. The van der Waals surface area contributed by atoms with Crippen molar-refractivity contribution >= 4 is 23.3 Å². The van der Waals surface area contributed by atoms with Gasteiger partial charge < -0.3 is 21.1 Å². The van der Waals surface area contributed by atoms with Crippen molar-refractivity contribution in [3.63, 3.8) is 0 Å². The molecule has 0 heterocycles. The first-order valence-electron chi connectivity index (χ1n) is 6.99. The minimum Gasteiger partial charge on any atom is -0.465 e. The Balaban J connectivity index is 2.53. The van der Waals surface area contributed by atoms with Gasteiger partial charge in [-0.05, 0) is 31.5 Å². The van der Waals surface area contributed by atoms with Crippen LogP contribution in [0.2, 0.25) is 0 Å². The quantitative estimate of drug-likeness (QED) is 0.526. The molecule has 116 valence electrons. The van der Waals surface area contributed by atoms with Gasteiger partial charge in [0.1, 0.15) is 0 Å². The summed E-state index contributed by atoms with van der Waals surface area (Å²) in [5.74, 6) is -0.480. The second-order valence-electron chi connectivity index (χ2n) is 4.85. The topological polar surface area (TPSA) is 93.5 Å². The summed E-state index contributed by atoms with van der Waals surface area (Å²) in [6, 6.07) is 5.19. The third-order valence-corrected chi connectivity index (χ3v) is 3.16. The van der Waals surface area contributed by atoms with E-state index >= 15 is 0 Å². The molecule has 6 nitrogen and oxygen atoms in total. The summed E-state index contributed by atoms with van der Waals surface area (Å²) in [5.41, 5.74) is 7.12. The Morgan fingerprint density at radius 1 is 1.38 bits per heavy atom. The van der Waals surface area contributed by atoms with E-state index in [9.17, 15) is 9.59 Å². The van der Waals surface area contributed by atoms with Crippen LogP contribution < -0.4 is 16.4 Å². The molecule has 1 rings (SSSR count). The number of rotatable bonds is 7. The number of methoxy groups -OCH3 is 1. The zero-order valence-electron chi connectivity index (χ0n) is 12.7. The highest BCUT2D eigenvalue weighted by molar-refractivity contribution is 5.96. The molecule has 0 saturated carbocycles. The molecule has 4 N–H and O–H groups in total. The van der Waals surface area contributed by atoms with Gasteiger partial charge in [-0.15, -0.1) is 0 Å². The van der Waals surface area contributed by atoms with Gasteiger partial charge in [0, 0.05) is 30.4 Å². The zero-order valence-corrected chi connectivity index (χ0v) is 12.7. The van der Waals surface area contributed by atoms with E-state index in [-0.39, 0.29) is 11.9 Å². The number of benzene rings is 1. The Morgan fingerprint density at radius 2 is 2.10 bits per heavy atom. The Hall–Kier alpha value is -2.24. The Morgan fingerprint density at radius 3 is 2.71 bits per heavy atom. The maximum atomic E-state index is 11.6. The number of hydrogen-bond donors (Lipinski definition) is 3. The third kappa shape index (κ3) is 5.33. The zero-order chi connectivity index (χ0) is 15.8. The van der Waals surface area contributed by atoms with Crippen molar-refractivity contribution in [3.8, 4) is 0 Å². The molecule has 0 aliphatic heterocycles. The molecule has 1 amide bonds. The average molecular weight is 293 g/mol. The van der Waals surface area contributed by atoms with Gasteiger partial charge in [-0.2, -0.15) is 0 Å². The number of esters is 1. The summed E-state index contributed by atoms with van der Waals surface area (Å²) in [7, 11) is 1.31. The first-order chi connectivity index (χ1) is 9.97. The Kier molecular flexibility index (Phi) is 6.52. The van der Waals surface area contributed by atoms with Gasteiger partial charge in [0.25, 0.3) is 0 Å². The van der Waals surface area contributed by atoms with Crippen LogP contribution in [0.25, 0.3) is 0 Å². The van der Waals surface area contributed by atoms with Crippen LogP contribution in [0, 0.1) is 0 Å². The SMILES string of the molecule is CCC(C)NC(=O)CCNc1ccc(N)c(C(=O)OC)c1. The lowest BCUT2D eigenvalue weighted by atomic mass is 10.1. The highest BCUT2D eigenvalue weighted by Gasteiger charge is 2.11. The van der Waals surface area contributed by atoms with E-state index in [2.05, 4.69) is 15.4 Å². The smallest absolute Gasteiger partial charge is 0.340 e. The molecule has 0 aromatic heterocycles. The van der Waals surface area contributed by atoms with Gasteiger partial charge in [0.2, 0.25) is 5.91 Å². The fraction of sp³-hybridized carbons (Fsp3) is 0.467. The highest BCUT2D eigenvalue weighted by Crippen LogP contribution is 2.18. The molecule has 0 radical (unpaired) electrons. The predicted octanol–water partition coefficient (Wildman–Crippen LogP) is 1.77. The number of nitrogens with two attached hydrogens (primary N) is 1. The van der Waals surface area contributed by atoms with Crippen molar-refractivity contribution in [3.05, 3.63) is 23.8 Å². The van der Waals surface area contributed by atoms with Gasteiger partial charge in [-0.25, -0.2) is 4.79 Å². The Labute approximate surface area is 125 Å². The summed E-state index contributed by atoms with van der Waals surface area (Å²) in [6.45, 7) is 4.46. The highest BCUT2D eigenvalue weighted by atomic mass is 16.5. The van der Waals surface area contributed by atoms with Crippen LogP contribution in [0.1, 0.15) is 37.0 Å². The van der Waals surface area contributed by atoms with E-state index < -0.39 is 5.97 Å². The van der Waals surface area contributed by atoms with E-state index in [1.165, 1.54) is 7.11 Å². The lowest BCUT2D eigenvalue weighted by Gasteiger charge is -2.12. The van der Waals surface area contributed by atoms with E-state index in [1.807, 2.05) is 13.8 Å². The maximum Gasteiger partial charge on any atom is 0.340 e. The molecule has 21 heavy (non-hydrogen) atoms. The summed E-state index contributed by atoms with van der Waals surface area (Å²) in [4.78, 5) is 23.2. The van der Waals surface area contributed by atoms with Crippen molar-refractivity contribution < 1.29 is 14.3 Å². The van der Waals surface area contributed by atoms with Gasteiger partial charge in [0.15, 0.2) is 0 Å². The number of ether oxygens (including phenoxy) is 1. The molecule has 0 aliphatic carbocycles. The molecule has 1 aromatic carbocycles. The molecule has 0 fully saturated rings. The molecule has 0 spiro atoms. The van der Waals surface area contributed by atoms with Crippen molar-refractivity contribution in [2.45, 2.75) is 32.7 Å². The molecule has 6 heteroatoms. The lowest BCUT2D eigenvalue weighted by Crippen LogP contribution is -2.32. The third-order valence-electron chi connectivity index (χ3n) is 3.16.